The molecule has 0 spiro atoms. The lowest BCUT2D eigenvalue weighted by molar-refractivity contribution is 0.153. The molecule has 1 aliphatic carbocycles. The fourth-order valence-electron chi connectivity index (χ4n) is 2.82. The molecule has 0 bridgehead atoms. The summed E-state index contributed by atoms with van der Waals surface area (Å²) in [5.74, 6) is -0.999. The molecule has 118 valence electrons. The van der Waals surface area contributed by atoms with Crippen molar-refractivity contribution in [3.63, 3.8) is 0 Å². The van der Waals surface area contributed by atoms with Crippen molar-refractivity contribution < 1.29 is 8.78 Å². The number of hydrogen-bond donors (Lipinski definition) is 1. The highest BCUT2D eigenvalue weighted by Crippen LogP contribution is 2.25. The molecule has 1 saturated carbocycles. The molecule has 0 aliphatic heterocycles. The lowest BCUT2D eigenvalue weighted by Crippen LogP contribution is -2.39. The first kappa shape index (κ1) is 16.4. The van der Waals surface area contributed by atoms with E-state index in [1.165, 1.54) is 31.4 Å². The molecule has 1 aliphatic rings. The lowest BCUT2D eigenvalue weighted by Gasteiger charge is -2.35. The third-order valence-electron chi connectivity index (χ3n) is 4.40. The van der Waals surface area contributed by atoms with Gasteiger partial charge in [0.1, 0.15) is 11.6 Å². The Hall–Kier alpha value is -1.00. The molecule has 1 N–H and O–H groups in total. The van der Waals surface area contributed by atoms with Gasteiger partial charge in [0.15, 0.2) is 0 Å². The third kappa shape index (κ3) is 4.75. The highest BCUT2D eigenvalue weighted by Gasteiger charge is 2.22. The quantitative estimate of drug-likeness (QED) is 0.783. The van der Waals surface area contributed by atoms with Crippen LogP contribution in [0.1, 0.15) is 50.6 Å². The van der Waals surface area contributed by atoms with Gasteiger partial charge in [-0.1, -0.05) is 13.3 Å². The third-order valence-corrected chi connectivity index (χ3v) is 4.40. The maximum Gasteiger partial charge on any atom is 0.126 e. The Labute approximate surface area is 126 Å². The second kappa shape index (κ2) is 7.85. The van der Waals surface area contributed by atoms with E-state index < -0.39 is 11.6 Å². The van der Waals surface area contributed by atoms with Gasteiger partial charge in [-0.3, -0.25) is 0 Å². The average molecular weight is 296 g/mol. The molecular weight excluding hydrogens is 270 g/mol. The molecule has 0 aromatic heterocycles. The molecule has 21 heavy (non-hydrogen) atoms. The zero-order valence-corrected chi connectivity index (χ0v) is 13.0. The Balaban J connectivity index is 1.98. The van der Waals surface area contributed by atoms with Gasteiger partial charge in [-0.15, -0.1) is 0 Å². The van der Waals surface area contributed by atoms with Crippen molar-refractivity contribution in [2.75, 3.05) is 20.1 Å². The minimum Gasteiger partial charge on any atom is -0.310 e. The van der Waals surface area contributed by atoms with Crippen LogP contribution in [0.15, 0.2) is 18.2 Å². The summed E-state index contributed by atoms with van der Waals surface area (Å²) >= 11 is 0. The van der Waals surface area contributed by atoms with Crippen LogP contribution in [0, 0.1) is 11.6 Å². The standard InChI is InChI=1S/C17H26F2N2/c1-3-8-20-17(7-9-21(2)16-5-4-6-16)13-10-14(18)12-15(19)11-13/h10-12,16-17,20H,3-9H2,1-2H3. The summed E-state index contributed by atoms with van der Waals surface area (Å²) in [4.78, 5) is 2.37. The first-order chi connectivity index (χ1) is 10.1. The predicted molar refractivity (Wildman–Crippen MR) is 82.3 cm³/mol. The van der Waals surface area contributed by atoms with E-state index in [1.54, 1.807) is 0 Å². The van der Waals surface area contributed by atoms with Crippen molar-refractivity contribution in [3.8, 4) is 0 Å². The molecule has 0 amide bonds. The van der Waals surface area contributed by atoms with Crippen LogP contribution in [0.5, 0.6) is 0 Å². The minimum absolute atomic E-state index is 0.0117. The van der Waals surface area contributed by atoms with Gasteiger partial charge in [-0.05, 0) is 63.5 Å². The van der Waals surface area contributed by atoms with Crippen LogP contribution in [-0.4, -0.2) is 31.1 Å². The molecule has 1 fully saturated rings. The van der Waals surface area contributed by atoms with E-state index in [2.05, 4.69) is 24.2 Å². The van der Waals surface area contributed by atoms with E-state index in [4.69, 9.17) is 0 Å². The summed E-state index contributed by atoms with van der Waals surface area (Å²) in [7, 11) is 2.15. The summed E-state index contributed by atoms with van der Waals surface area (Å²) in [6.45, 7) is 3.90. The molecule has 1 aromatic rings. The average Bonchev–Trinajstić information content (AvgIpc) is 2.35. The SMILES string of the molecule is CCCNC(CCN(C)C1CCC1)c1cc(F)cc(F)c1. The molecule has 1 unspecified atom stereocenters. The van der Waals surface area contributed by atoms with Crippen LogP contribution in [0.25, 0.3) is 0 Å². The van der Waals surface area contributed by atoms with Crippen molar-refractivity contribution in [2.45, 2.75) is 51.1 Å². The van der Waals surface area contributed by atoms with Gasteiger partial charge in [-0.2, -0.15) is 0 Å². The number of rotatable bonds is 8. The Morgan fingerprint density at radius 3 is 2.43 bits per heavy atom. The maximum atomic E-state index is 13.4. The van der Waals surface area contributed by atoms with Gasteiger partial charge >= 0.3 is 0 Å². The monoisotopic (exact) mass is 296 g/mol. The van der Waals surface area contributed by atoms with Gasteiger partial charge in [0.05, 0.1) is 0 Å². The Bertz CT molecular complexity index is 426. The fraction of sp³-hybridized carbons (Fsp3) is 0.647. The van der Waals surface area contributed by atoms with Crippen molar-refractivity contribution >= 4 is 0 Å². The van der Waals surface area contributed by atoms with E-state index in [0.717, 1.165) is 32.0 Å². The second-order valence-electron chi connectivity index (χ2n) is 6.06. The van der Waals surface area contributed by atoms with Crippen molar-refractivity contribution in [1.82, 2.24) is 10.2 Å². The van der Waals surface area contributed by atoms with Gasteiger partial charge in [-0.25, -0.2) is 8.78 Å². The minimum atomic E-state index is -0.499. The number of nitrogens with one attached hydrogen (secondary N) is 1. The van der Waals surface area contributed by atoms with Crippen LogP contribution < -0.4 is 5.32 Å². The maximum absolute atomic E-state index is 13.4. The number of benzene rings is 1. The van der Waals surface area contributed by atoms with Crippen LogP contribution >= 0.6 is 0 Å². The van der Waals surface area contributed by atoms with Crippen LogP contribution in [-0.2, 0) is 0 Å². The summed E-state index contributed by atoms with van der Waals surface area (Å²) in [5.41, 5.74) is 0.711. The predicted octanol–water partition coefficient (Wildman–Crippen LogP) is 3.88. The first-order valence-corrected chi connectivity index (χ1v) is 7.99. The molecule has 1 aromatic carbocycles. The molecule has 2 nitrogen and oxygen atoms in total. The fourth-order valence-corrected chi connectivity index (χ4v) is 2.82. The van der Waals surface area contributed by atoms with Crippen molar-refractivity contribution in [3.05, 3.63) is 35.4 Å². The van der Waals surface area contributed by atoms with E-state index in [-0.39, 0.29) is 6.04 Å². The molecule has 0 saturated heterocycles. The van der Waals surface area contributed by atoms with E-state index in [1.807, 2.05) is 0 Å². The highest BCUT2D eigenvalue weighted by molar-refractivity contribution is 5.21. The smallest absolute Gasteiger partial charge is 0.126 e. The molecule has 1 atom stereocenters. The van der Waals surface area contributed by atoms with Gasteiger partial charge in [0.25, 0.3) is 0 Å². The molecule has 0 radical (unpaired) electrons. The lowest BCUT2D eigenvalue weighted by atomic mass is 9.91. The van der Waals surface area contributed by atoms with E-state index in [9.17, 15) is 8.78 Å². The van der Waals surface area contributed by atoms with Gasteiger partial charge in [0, 0.05) is 18.2 Å². The molecular formula is C17H26F2N2. The van der Waals surface area contributed by atoms with Crippen LogP contribution in [0.4, 0.5) is 8.78 Å². The molecule has 4 heteroatoms. The van der Waals surface area contributed by atoms with Crippen LogP contribution in [0.3, 0.4) is 0 Å². The van der Waals surface area contributed by atoms with E-state index >= 15 is 0 Å². The Morgan fingerprint density at radius 1 is 1.24 bits per heavy atom. The zero-order valence-electron chi connectivity index (χ0n) is 13.0. The van der Waals surface area contributed by atoms with Crippen molar-refractivity contribution in [1.29, 1.82) is 0 Å². The zero-order chi connectivity index (χ0) is 15.2. The highest BCUT2D eigenvalue weighted by atomic mass is 19.1. The Kier molecular flexibility index (Phi) is 6.12. The van der Waals surface area contributed by atoms with Gasteiger partial charge in [0.2, 0.25) is 0 Å². The second-order valence-corrected chi connectivity index (χ2v) is 6.06. The number of halogens is 2. The molecule has 0 heterocycles. The summed E-state index contributed by atoms with van der Waals surface area (Å²) in [6.07, 6.45) is 5.75. The van der Waals surface area contributed by atoms with Crippen molar-refractivity contribution in [2.24, 2.45) is 0 Å². The summed E-state index contributed by atoms with van der Waals surface area (Å²) in [6, 6.07) is 4.53. The van der Waals surface area contributed by atoms with Crippen LogP contribution in [0.2, 0.25) is 0 Å². The summed E-state index contributed by atoms with van der Waals surface area (Å²) in [5, 5.41) is 3.41. The number of nitrogens with zero attached hydrogens (tertiary/aromatic N) is 1. The van der Waals surface area contributed by atoms with Gasteiger partial charge < -0.3 is 10.2 Å². The normalized spacial score (nSPS) is 17.0. The summed E-state index contributed by atoms with van der Waals surface area (Å²) < 4.78 is 26.8. The largest absolute Gasteiger partial charge is 0.310 e. The van der Waals surface area contributed by atoms with E-state index in [0.29, 0.717) is 11.6 Å². The number of hydrogen-bond acceptors (Lipinski definition) is 2. The first-order valence-electron chi connectivity index (χ1n) is 7.99. The Morgan fingerprint density at radius 2 is 1.90 bits per heavy atom. The molecule has 2 rings (SSSR count). The topological polar surface area (TPSA) is 15.3 Å².